The first-order valence-corrected chi connectivity index (χ1v) is 6.09. The van der Waals surface area contributed by atoms with E-state index >= 15 is 0 Å². The molecule has 1 rings (SSSR count). The van der Waals surface area contributed by atoms with Gasteiger partial charge in [-0.15, -0.1) is 0 Å². The van der Waals surface area contributed by atoms with Gasteiger partial charge < -0.3 is 9.84 Å². The van der Waals surface area contributed by atoms with Gasteiger partial charge in [-0.2, -0.15) is 0 Å². The fourth-order valence-electron chi connectivity index (χ4n) is 1.87. The fraction of sp³-hybridized carbons (Fsp3) is 0.312. The minimum atomic E-state index is -1.20. The Hall–Kier alpha value is -1.71. The van der Waals surface area contributed by atoms with E-state index < -0.39 is 6.41 Å². The van der Waals surface area contributed by atoms with Crippen LogP contribution in [0, 0.1) is 20.8 Å². The second-order valence-corrected chi connectivity index (χ2v) is 4.52. The van der Waals surface area contributed by atoms with E-state index in [9.17, 15) is 5.11 Å². The molecule has 0 radical (unpaired) electrons. The van der Waals surface area contributed by atoms with Crippen molar-refractivity contribution in [3.05, 3.63) is 59.2 Å². The highest BCUT2D eigenvalue weighted by Gasteiger charge is 2.13. The second-order valence-electron chi connectivity index (χ2n) is 4.52. The Morgan fingerprint density at radius 3 is 2.53 bits per heavy atom. The van der Waals surface area contributed by atoms with Crippen LogP contribution >= 0.6 is 0 Å². The van der Waals surface area contributed by atoms with Gasteiger partial charge in [0.25, 0.3) is 6.41 Å². The number of hydrogen-bond acceptors (Lipinski definition) is 3. The molecule has 1 atom stereocenters. The number of ether oxygens (including phenoxy) is 1. The van der Waals surface area contributed by atoms with E-state index in [4.69, 9.17) is 4.74 Å². The van der Waals surface area contributed by atoms with Crippen LogP contribution < -0.4 is 0 Å². The van der Waals surface area contributed by atoms with Gasteiger partial charge >= 0.3 is 0 Å². The summed E-state index contributed by atoms with van der Waals surface area (Å²) < 4.78 is 4.79. The number of aliphatic imine (C=N–C) groups is 1. The topological polar surface area (TPSA) is 41.8 Å². The van der Waals surface area contributed by atoms with Crippen molar-refractivity contribution in [1.82, 2.24) is 0 Å². The zero-order chi connectivity index (χ0) is 14.6. The van der Waals surface area contributed by atoms with Gasteiger partial charge in [0, 0.05) is 12.7 Å². The van der Waals surface area contributed by atoms with Crippen molar-refractivity contribution in [3.63, 3.8) is 0 Å². The quantitative estimate of drug-likeness (QED) is 0.501. The molecule has 3 nitrogen and oxygen atoms in total. The maximum absolute atomic E-state index is 9.58. The number of allylic oxidation sites excluding steroid dienone is 2. The molecular weight excluding hydrogens is 238 g/mol. The highest BCUT2D eigenvalue weighted by Crippen LogP contribution is 2.20. The molecule has 0 spiro atoms. The van der Waals surface area contributed by atoms with Crippen molar-refractivity contribution >= 4 is 5.71 Å². The molecule has 0 amide bonds. The minimum Gasteiger partial charge on any atom is -0.350 e. The first kappa shape index (κ1) is 15.3. The fourth-order valence-corrected chi connectivity index (χ4v) is 1.87. The summed E-state index contributed by atoms with van der Waals surface area (Å²) in [5, 5.41) is 9.58. The van der Waals surface area contributed by atoms with E-state index in [1.807, 2.05) is 26.8 Å². The Labute approximate surface area is 115 Å². The maximum Gasteiger partial charge on any atom is 0.255 e. The molecule has 0 heterocycles. The van der Waals surface area contributed by atoms with Gasteiger partial charge in [0.15, 0.2) is 0 Å². The minimum absolute atomic E-state index is 0.605. The molecule has 0 aliphatic carbocycles. The third-order valence-corrected chi connectivity index (χ3v) is 3.07. The number of nitrogens with zero attached hydrogens (tertiary/aromatic N) is 1. The lowest BCUT2D eigenvalue weighted by Gasteiger charge is -2.15. The molecule has 1 aromatic carbocycles. The van der Waals surface area contributed by atoms with Gasteiger partial charge in [-0.05, 0) is 43.5 Å². The van der Waals surface area contributed by atoms with Crippen molar-refractivity contribution in [2.75, 3.05) is 7.11 Å². The Morgan fingerprint density at radius 1 is 1.37 bits per heavy atom. The van der Waals surface area contributed by atoms with E-state index in [1.165, 1.54) is 12.7 Å². The molecule has 0 aliphatic rings. The summed E-state index contributed by atoms with van der Waals surface area (Å²) in [6, 6.07) is 4.14. The van der Waals surface area contributed by atoms with Gasteiger partial charge in [0.1, 0.15) is 0 Å². The van der Waals surface area contributed by atoms with Crippen LogP contribution in [-0.2, 0) is 4.74 Å². The molecule has 1 N–H and O–H groups in total. The predicted octanol–water partition coefficient (Wildman–Crippen LogP) is 3.07. The number of benzene rings is 1. The van der Waals surface area contributed by atoms with Crippen molar-refractivity contribution in [2.45, 2.75) is 27.2 Å². The zero-order valence-corrected chi connectivity index (χ0v) is 12.0. The van der Waals surface area contributed by atoms with E-state index in [2.05, 4.69) is 24.2 Å². The molecule has 0 saturated heterocycles. The van der Waals surface area contributed by atoms with E-state index in [1.54, 1.807) is 6.08 Å². The van der Waals surface area contributed by atoms with Crippen LogP contribution in [0.5, 0.6) is 0 Å². The molecule has 3 heteroatoms. The van der Waals surface area contributed by atoms with Crippen LogP contribution in [0.25, 0.3) is 0 Å². The molecule has 0 saturated carbocycles. The van der Waals surface area contributed by atoms with Gasteiger partial charge in [0.2, 0.25) is 0 Å². The summed E-state index contributed by atoms with van der Waals surface area (Å²) in [7, 11) is 1.40. The zero-order valence-electron chi connectivity index (χ0n) is 12.0. The highest BCUT2D eigenvalue weighted by atomic mass is 16.6. The first-order valence-electron chi connectivity index (χ1n) is 6.09. The Bertz CT molecular complexity index is 530. The van der Waals surface area contributed by atoms with Crippen LogP contribution in [-0.4, -0.2) is 24.3 Å². The van der Waals surface area contributed by atoms with Gasteiger partial charge in [-0.25, -0.2) is 4.99 Å². The van der Waals surface area contributed by atoms with Crippen LogP contribution in [0.2, 0.25) is 0 Å². The first-order chi connectivity index (χ1) is 8.90. The van der Waals surface area contributed by atoms with Crippen molar-refractivity contribution in [2.24, 2.45) is 4.99 Å². The lowest BCUT2D eigenvalue weighted by Crippen LogP contribution is -2.14. The number of rotatable bonds is 5. The molecule has 102 valence electrons. The van der Waals surface area contributed by atoms with Crippen LogP contribution in [0.1, 0.15) is 22.3 Å². The van der Waals surface area contributed by atoms with E-state index in [-0.39, 0.29) is 0 Å². The van der Waals surface area contributed by atoms with Crippen molar-refractivity contribution in [3.8, 4) is 0 Å². The highest BCUT2D eigenvalue weighted by molar-refractivity contribution is 6.15. The molecule has 0 fully saturated rings. The van der Waals surface area contributed by atoms with Crippen molar-refractivity contribution in [1.29, 1.82) is 0 Å². The average Bonchev–Trinajstić information content (AvgIpc) is 2.39. The Morgan fingerprint density at radius 2 is 2.00 bits per heavy atom. The van der Waals surface area contributed by atoms with Crippen LogP contribution in [0.15, 0.2) is 41.9 Å². The standard InChI is InChI=1S/C16H21NO2/c1-7-11(3)15(17-16(18)19-6)14-9-10(2)8-12(4)13(14)5/h7-9,16,18H,1,3H2,2,4-6H3/b17-15-/t16-/m0/s1. The van der Waals surface area contributed by atoms with Gasteiger partial charge in [-0.1, -0.05) is 30.9 Å². The summed E-state index contributed by atoms with van der Waals surface area (Å²) in [5.74, 6) is 0. The number of aryl methyl sites for hydroxylation is 2. The largest absolute Gasteiger partial charge is 0.350 e. The van der Waals surface area contributed by atoms with Crippen LogP contribution in [0.4, 0.5) is 0 Å². The number of methoxy groups -OCH3 is 1. The summed E-state index contributed by atoms with van der Waals surface area (Å²) >= 11 is 0. The third kappa shape index (κ3) is 3.63. The summed E-state index contributed by atoms with van der Waals surface area (Å²) in [4.78, 5) is 4.16. The summed E-state index contributed by atoms with van der Waals surface area (Å²) in [5.41, 5.74) is 5.62. The van der Waals surface area contributed by atoms with E-state index in [0.717, 1.165) is 16.7 Å². The normalized spacial score (nSPS) is 13.2. The molecule has 0 bridgehead atoms. The predicted molar refractivity (Wildman–Crippen MR) is 79.5 cm³/mol. The Kier molecular flexibility index (Phi) is 5.21. The number of hydrogen-bond donors (Lipinski definition) is 1. The monoisotopic (exact) mass is 259 g/mol. The second kappa shape index (κ2) is 6.45. The van der Waals surface area contributed by atoms with E-state index in [0.29, 0.717) is 11.3 Å². The molecular formula is C16H21NO2. The van der Waals surface area contributed by atoms with Crippen molar-refractivity contribution < 1.29 is 9.84 Å². The summed E-state index contributed by atoms with van der Waals surface area (Å²) in [6.07, 6.45) is 0.421. The molecule has 0 aliphatic heterocycles. The lowest BCUT2D eigenvalue weighted by atomic mass is 9.94. The van der Waals surface area contributed by atoms with Crippen LogP contribution in [0.3, 0.4) is 0 Å². The molecule has 0 aromatic heterocycles. The summed E-state index contributed by atoms with van der Waals surface area (Å²) in [6.45, 7) is 13.7. The Balaban J connectivity index is 3.45. The SMILES string of the molecule is C=CC(=C)/C(=N/[C@@H](O)OC)c1cc(C)cc(C)c1C. The molecule has 0 unspecified atom stereocenters. The number of aliphatic hydroxyl groups is 1. The maximum atomic E-state index is 9.58. The molecule has 19 heavy (non-hydrogen) atoms. The van der Waals surface area contributed by atoms with Gasteiger partial charge in [-0.3, -0.25) is 0 Å². The lowest BCUT2D eigenvalue weighted by molar-refractivity contribution is -0.0656. The number of aliphatic hydroxyl groups excluding tert-OH is 1. The average molecular weight is 259 g/mol. The third-order valence-electron chi connectivity index (χ3n) is 3.07. The smallest absolute Gasteiger partial charge is 0.255 e. The molecule has 1 aromatic rings. The van der Waals surface area contributed by atoms with Gasteiger partial charge in [0.05, 0.1) is 5.71 Å².